The summed E-state index contributed by atoms with van der Waals surface area (Å²) in [5.74, 6) is 0.625. The first kappa shape index (κ1) is 12.3. The molecule has 88 valence electrons. The van der Waals surface area contributed by atoms with Gasteiger partial charge in [-0.25, -0.2) is 4.79 Å². The van der Waals surface area contributed by atoms with E-state index in [0.717, 1.165) is 13.0 Å². The van der Waals surface area contributed by atoms with Crippen molar-refractivity contribution >= 4 is 6.03 Å². The monoisotopic (exact) mass is 213 g/mol. The van der Waals surface area contributed by atoms with Crippen molar-refractivity contribution in [1.82, 2.24) is 9.80 Å². The Balaban J connectivity index is 2.55. The average molecular weight is 213 g/mol. The highest BCUT2D eigenvalue weighted by Crippen LogP contribution is 2.19. The number of carbonyl (C=O) groups excluding carboxylic acids is 1. The molecule has 2 unspecified atom stereocenters. The molecule has 0 radical (unpaired) electrons. The minimum Gasteiger partial charge on any atom is -0.326 e. The molecule has 4 nitrogen and oxygen atoms in total. The van der Waals surface area contributed by atoms with E-state index in [4.69, 9.17) is 5.73 Å². The maximum absolute atomic E-state index is 11.8. The van der Waals surface area contributed by atoms with Crippen LogP contribution < -0.4 is 5.73 Å². The normalized spacial score (nSPS) is 24.1. The Labute approximate surface area is 92.4 Å². The van der Waals surface area contributed by atoms with Crippen LogP contribution in [0.25, 0.3) is 0 Å². The summed E-state index contributed by atoms with van der Waals surface area (Å²) in [7, 11) is 1.89. The zero-order chi connectivity index (χ0) is 11.6. The number of carbonyl (C=O) groups is 1. The molecule has 0 aromatic rings. The topological polar surface area (TPSA) is 49.6 Å². The number of nitrogens with zero attached hydrogens (tertiary/aromatic N) is 2. The first-order valence-electron chi connectivity index (χ1n) is 5.69. The van der Waals surface area contributed by atoms with E-state index in [9.17, 15) is 4.79 Å². The van der Waals surface area contributed by atoms with Crippen molar-refractivity contribution in [3.63, 3.8) is 0 Å². The first-order valence-corrected chi connectivity index (χ1v) is 5.69. The van der Waals surface area contributed by atoms with Gasteiger partial charge in [0, 0.05) is 26.2 Å². The predicted octanol–water partition coefficient (Wildman–Crippen LogP) is 1.12. The Hall–Kier alpha value is -0.770. The van der Waals surface area contributed by atoms with Gasteiger partial charge in [0.15, 0.2) is 0 Å². The van der Waals surface area contributed by atoms with Gasteiger partial charge in [0.05, 0.1) is 6.04 Å². The Morgan fingerprint density at radius 2 is 2.07 bits per heavy atom. The van der Waals surface area contributed by atoms with Gasteiger partial charge < -0.3 is 15.5 Å². The molecule has 2 atom stereocenters. The Bertz CT molecular complexity index is 228. The molecule has 0 aromatic heterocycles. The van der Waals surface area contributed by atoms with Crippen molar-refractivity contribution in [3.8, 4) is 0 Å². The van der Waals surface area contributed by atoms with Crippen LogP contribution in [0.4, 0.5) is 4.79 Å². The average Bonchev–Trinajstić information content (AvgIpc) is 2.32. The van der Waals surface area contributed by atoms with Crippen LogP contribution in [0.1, 0.15) is 27.2 Å². The first-order chi connectivity index (χ1) is 6.91. The molecule has 0 saturated carbocycles. The molecule has 0 spiro atoms. The highest BCUT2D eigenvalue weighted by Gasteiger charge is 2.34. The highest BCUT2D eigenvalue weighted by atomic mass is 16.2. The van der Waals surface area contributed by atoms with Crippen molar-refractivity contribution < 1.29 is 4.79 Å². The number of hydrogen-bond donors (Lipinski definition) is 1. The van der Waals surface area contributed by atoms with Crippen LogP contribution in [-0.2, 0) is 0 Å². The lowest BCUT2D eigenvalue weighted by Gasteiger charge is -2.19. The van der Waals surface area contributed by atoms with E-state index in [1.807, 2.05) is 23.8 Å². The SMILES string of the molecule is CC(C)CC1CN(CC(C)N)C(=O)N1C. The van der Waals surface area contributed by atoms with Crippen LogP contribution in [0.3, 0.4) is 0 Å². The molecule has 15 heavy (non-hydrogen) atoms. The van der Waals surface area contributed by atoms with Gasteiger partial charge in [0.1, 0.15) is 0 Å². The summed E-state index contributed by atoms with van der Waals surface area (Å²) in [6, 6.07) is 0.536. The van der Waals surface area contributed by atoms with E-state index in [2.05, 4.69) is 13.8 Å². The molecule has 1 fully saturated rings. The molecule has 4 heteroatoms. The van der Waals surface area contributed by atoms with E-state index in [-0.39, 0.29) is 12.1 Å². The summed E-state index contributed by atoms with van der Waals surface area (Å²) in [5, 5.41) is 0. The van der Waals surface area contributed by atoms with Crippen molar-refractivity contribution in [3.05, 3.63) is 0 Å². The summed E-state index contributed by atoms with van der Waals surface area (Å²) in [5.41, 5.74) is 5.71. The van der Waals surface area contributed by atoms with Crippen molar-refractivity contribution in [2.45, 2.75) is 39.3 Å². The third-order valence-electron chi connectivity index (χ3n) is 2.80. The second-order valence-electron chi connectivity index (χ2n) is 5.06. The molecule has 1 saturated heterocycles. The van der Waals surface area contributed by atoms with Crippen LogP contribution in [-0.4, -0.2) is 48.1 Å². The minimum absolute atomic E-state index is 0.0557. The van der Waals surface area contributed by atoms with Crippen LogP contribution in [0.15, 0.2) is 0 Å². The molecule has 1 aliphatic heterocycles. The maximum Gasteiger partial charge on any atom is 0.320 e. The van der Waals surface area contributed by atoms with Crippen molar-refractivity contribution in [2.24, 2.45) is 11.7 Å². The summed E-state index contributed by atoms with van der Waals surface area (Å²) < 4.78 is 0. The molecule has 2 N–H and O–H groups in total. The van der Waals surface area contributed by atoms with E-state index in [1.165, 1.54) is 0 Å². The molecule has 0 aliphatic carbocycles. The summed E-state index contributed by atoms with van der Waals surface area (Å²) in [4.78, 5) is 15.5. The maximum atomic E-state index is 11.8. The molecule has 1 aliphatic rings. The fourth-order valence-electron chi connectivity index (χ4n) is 2.11. The third-order valence-corrected chi connectivity index (χ3v) is 2.80. The molecular formula is C11H23N3O. The number of nitrogens with two attached hydrogens (primary N) is 1. The minimum atomic E-state index is 0.0557. The number of hydrogen-bond acceptors (Lipinski definition) is 2. The van der Waals surface area contributed by atoms with E-state index >= 15 is 0 Å². The highest BCUT2D eigenvalue weighted by molar-refractivity contribution is 5.76. The molecular weight excluding hydrogens is 190 g/mol. The van der Waals surface area contributed by atoms with Crippen LogP contribution in [0, 0.1) is 5.92 Å². The zero-order valence-electron chi connectivity index (χ0n) is 10.2. The molecule has 1 heterocycles. The zero-order valence-corrected chi connectivity index (χ0v) is 10.2. The van der Waals surface area contributed by atoms with E-state index in [1.54, 1.807) is 0 Å². The van der Waals surface area contributed by atoms with Gasteiger partial charge in [0.25, 0.3) is 0 Å². The van der Waals surface area contributed by atoms with Gasteiger partial charge in [0.2, 0.25) is 0 Å². The molecule has 0 bridgehead atoms. The van der Waals surface area contributed by atoms with E-state index in [0.29, 0.717) is 18.5 Å². The Kier molecular flexibility index (Phi) is 3.97. The second-order valence-corrected chi connectivity index (χ2v) is 5.06. The number of likely N-dealkylation sites (N-methyl/N-ethyl adjacent to an activating group) is 1. The third kappa shape index (κ3) is 3.09. The lowest BCUT2D eigenvalue weighted by atomic mass is 10.0. The van der Waals surface area contributed by atoms with Gasteiger partial charge in [-0.2, -0.15) is 0 Å². The summed E-state index contributed by atoms with van der Waals surface area (Å²) >= 11 is 0. The van der Waals surface area contributed by atoms with Crippen LogP contribution in [0.2, 0.25) is 0 Å². The van der Waals surface area contributed by atoms with Crippen LogP contribution >= 0.6 is 0 Å². The van der Waals surface area contributed by atoms with Gasteiger partial charge in [-0.3, -0.25) is 0 Å². The number of amides is 2. The van der Waals surface area contributed by atoms with Crippen molar-refractivity contribution in [2.75, 3.05) is 20.1 Å². The van der Waals surface area contributed by atoms with E-state index < -0.39 is 0 Å². The lowest BCUT2D eigenvalue weighted by molar-refractivity contribution is 0.192. The predicted molar refractivity (Wildman–Crippen MR) is 61.6 cm³/mol. The quantitative estimate of drug-likeness (QED) is 0.760. The molecule has 0 aromatic carbocycles. The Morgan fingerprint density at radius 1 is 1.47 bits per heavy atom. The number of rotatable bonds is 4. The molecule has 2 amide bonds. The Morgan fingerprint density at radius 3 is 2.53 bits per heavy atom. The van der Waals surface area contributed by atoms with Crippen LogP contribution in [0.5, 0.6) is 0 Å². The van der Waals surface area contributed by atoms with Gasteiger partial charge in [-0.1, -0.05) is 13.8 Å². The van der Waals surface area contributed by atoms with Gasteiger partial charge in [-0.15, -0.1) is 0 Å². The summed E-state index contributed by atoms with van der Waals surface area (Å²) in [6.45, 7) is 7.80. The summed E-state index contributed by atoms with van der Waals surface area (Å²) in [6.07, 6.45) is 1.07. The smallest absolute Gasteiger partial charge is 0.320 e. The van der Waals surface area contributed by atoms with Gasteiger partial charge in [-0.05, 0) is 19.3 Å². The largest absolute Gasteiger partial charge is 0.326 e. The lowest BCUT2D eigenvalue weighted by Crippen LogP contribution is -2.38. The fourth-order valence-corrected chi connectivity index (χ4v) is 2.11. The van der Waals surface area contributed by atoms with Crippen molar-refractivity contribution in [1.29, 1.82) is 0 Å². The second kappa shape index (κ2) is 4.84. The molecule has 1 rings (SSSR count). The fraction of sp³-hybridized carbons (Fsp3) is 0.909. The standard InChI is InChI=1S/C11H23N3O/c1-8(2)5-10-7-14(6-9(3)12)11(15)13(10)4/h8-10H,5-7,12H2,1-4H3. The number of urea groups is 1. The van der Waals surface area contributed by atoms with Gasteiger partial charge >= 0.3 is 6.03 Å².